The quantitative estimate of drug-likeness (QED) is 0.875. The first-order valence-corrected chi connectivity index (χ1v) is 5.90. The summed E-state index contributed by atoms with van der Waals surface area (Å²) in [6.45, 7) is -1.15. The van der Waals surface area contributed by atoms with Gasteiger partial charge in [0, 0.05) is 13.1 Å². The Morgan fingerprint density at radius 3 is 2.53 bits per heavy atom. The molecule has 10 heteroatoms. The second-order valence-electron chi connectivity index (χ2n) is 4.10. The highest BCUT2D eigenvalue weighted by Gasteiger charge is 2.53. The van der Waals surface area contributed by atoms with Crippen LogP contribution in [0.3, 0.4) is 0 Å². The minimum atomic E-state index is -4.65. The van der Waals surface area contributed by atoms with E-state index in [1.807, 2.05) is 0 Å². The van der Waals surface area contributed by atoms with Gasteiger partial charge < -0.3 is 10.0 Å². The van der Waals surface area contributed by atoms with Crippen LogP contribution in [0.15, 0.2) is 6.20 Å². The second kappa shape index (κ2) is 4.76. The number of alkyl halides is 3. The molecule has 2 rings (SSSR count). The third-order valence-corrected chi connectivity index (χ3v) is 3.40. The van der Waals surface area contributed by atoms with Crippen molar-refractivity contribution in [2.45, 2.75) is 6.18 Å². The Bertz CT molecular complexity index is 491. The number of hydrogen-bond donors (Lipinski definition) is 1. The van der Waals surface area contributed by atoms with Crippen LogP contribution in [0.5, 0.6) is 0 Å². The van der Waals surface area contributed by atoms with Crippen molar-refractivity contribution in [3.05, 3.63) is 11.9 Å². The molecule has 0 spiro atoms. The maximum atomic E-state index is 12.7. The number of carbonyl (C=O) groups is 2. The van der Waals surface area contributed by atoms with Gasteiger partial charge >= 0.3 is 12.1 Å². The van der Waals surface area contributed by atoms with Gasteiger partial charge in [-0.25, -0.2) is 0 Å². The summed E-state index contributed by atoms with van der Waals surface area (Å²) < 4.78 is 45.4. The van der Waals surface area contributed by atoms with Crippen LogP contribution in [0.25, 0.3) is 0 Å². The zero-order valence-corrected chi connectivity index (χ0v) is 10.1. The zero-order valence-electron chi connectivity index (χ0n) is 9.29. The Labute approximate surface area is 109 Å². The summed E-state index contributed by atoms with van der Waals surface area (Å²) >= 11 is 0.754. The maximum Gasteiger partial charge on any atom is 0.394 e. The topological polar surface area (TPSA) is 83.4 Å². The van der Waals surface area contributed by atoms with Crippen molar-refractivity contribution in [2.24, 2.45) is 11.8 Å². The number of halogens is 3. The van der Waals surface area contributed by atoms with Crippen LogP contribution in [0.4, 0.5) is 13.2 Å². The van der Waals surface area contributed by atoms with Gasteiger partial charge in [0.25, 0.3) is 5.91 Å². The number of carboxylic acid groups (broad SMARTS) is 1. The van der Waals surface area contributed by atoms with Crippen molar-refractivity contribution >= 4 is 23.6 Å². The van der Waals surface area contributed by atoms with Gasteiger partial charge in [0.2, 0.25) is 0 Å². The van der Waals surface area contributed by atoms with Crippen LogP contribution in [0.2, 0.25) is 0 Å². The number of carboxylic acids is 1. The first kappa shape index (κ1) is 13.7. The Hall–Kier alpha value is -1.71. The highest BCUT2D eigenvalue weighted by atomic mass is 32.1. The van der Waals surface area contributed by atoms with Crippen LogP contribution >= 0.6 is 11.7 Å². The van der Waals surface area contributed by atoms with E-state index >= 15 is 0 Å². The Morgan fingerprint density at radius 1 is 1.42 bits per heavy atom. The minimum Gasteiger partial charge on any atom is -0.481 e. The van der Waals surface area contributed by atoms with E-state index in [0.717, 1.165) is 22.8 Å². The van der Waals surface area contributed by atoms with Crippen molar-refractivity contribution in [1.29, 1.82) is 0 Å². The lowest BCUT2D eigenvalue weighted by molar-refractivity contribution is -0.187. The van der Waals surface area contributed by atoms with E-state index in [1.54, 1.807) is 0 Å². The molecule has 0 saturated carbocycles. The Kier molecular flexibility index (Phi) is 3.43. The molecule has 1 fully saturated rings. The molecular weight excluding hydrogens is 287 g/mol. The van der Waals surface area contributed by atoms with Crippen molar-refractivity contribution in [3.8, 4) is 0 Å². The molecule has 2 atom stereocenters. The number of likely N-dealkylation sites (tertiary alicyclic amines) is 1. The van der Waals surface area contributed by atoms with Gasteiger partial charge in [-0.3, -0.25) is 9.59 Å². The van der Waals surface area contributed by atoms with Crippen LogP contribution in [0, 0.1) is 11.8 Å². The number of rotatable bonds is 2. The molecule has 1 aliphatic heterocycles. The molecule has 19 heavy (non-hydrogen) atoms. The maximum absolute atomic E-state index is 12.7. The SMILES string of the molecule is O=C(O)[C@@H]1CN(C(=O)c2cnsn2)C[C@H]1C(F)(F)F. The molecule has 2 heterocycles. The van der Waals surface area contributed by atoms with Gasteiger partial charge in [-0.1, -0.05) is 0 Å². The monoisotopic (exact) mass is 295 g/mol. The molecule has 0 bridgehead atoms. The van der Waals surface area contributed by atoms with Gasteiger partial charge in [0.15, 0.2) is 5.69 Å². The summed E-state index contributed by atoms with van der Waals surface area (Å²) in [7, 11) is 0. The molecule has 1 saturated heterocycles. The molecule has 6 nitrogen and oxygen atoms in total. The second-order valence-corrected chi connectivity index (χ2v) is 4.65. The zero-order chi connectivity index (χ0) is 14.2. The molecular formula is C9H8F3N3O3S. The summed E-state index contributed by atoms with van der Waals surface area (Å²) in [4.78, 5) is 23.5. The van der Waals surface area contributed by atoms with E-state index in [4.69, 9.17) is 5.11 Å². The minimum absolute atomic E-state index is 0.0723. The van der Waals surface area contributed by atoms with Gasteiger partial charge in [0.05, 0.1) is 29.8 Å². The Morgan fingerprint density at radius 2 is 2.11 bits per heavy atom. The summed E-state index contributed by atoms with van der Waals surface area (Å²) in [5.74, 6) is -5.99. The van der Waals surface area contributed by atoms with E-state index in [0.29, 0.717) is 0 Å². The summed E-state index contributed by atoms with van der Waals surface area (Å²) in [5, 5.41) is 8.81. The summed E-state index contributed by atoms with van der Waals surface area (Å²) in [6.07, 6.45) is -3.51. The van der Waals surface area contributed by atoms with Crippen LogP contribution < -0.4 is 0 Å². The van der Waals surface area contributed by atoms with Crippen LogP contribution in [-0.2, 0) is 4.79 Å². The van der Waals surface area contributed by atoms with Gasteiger partial charge in [-0.15, -0.1) is 0 Å². The van der Waals surface area contributed by atoms with Crippen molar-refractivity contribution < 1.29 is 27.9 Å². The standard InChI is InChI=1S/C9H8F3N3O3S/c10-9(11,12)5-3-15(2-4(5)8(17)18)7(16)6-1-13-19-14-6/h1,4-5H,2-3H2,(H,17,18)/t4-,5-/m1/s1. The molecule has 1 amide bonds. The molecule has 0 aromatic carbocycles. The van der Waals surface area contributed by atoms with Gasteiger partial charge in [0.1, 0.15) is 0 Å². The first-order valence-electron chi connectivity index (χ1n) is 5.17. The third-order valence-electron chi connectivity index (χ3n) is 2.93. The normalized spacial score (nSPS) is 23.6. The van der Waals surface area contributed by atoms with Crippen LogP contribution in [-0.4, -0.2) is 49.9 Å². The third kappa shape index (κ3) is 2.67. The van der Waals surface area contributed by atoms with E-state index in [1.165, 1.54) is 0 Å². The highest BCUT2D eigenvalue weighted by Crippen LogP contribution is 2.38. The first-order chi connectivity index (χ1) is 8.80. The van der Waals surface area contributed by atoms with E-state index < -0.39 is 43.0 Å². The average molecular weight is 295 g/mol. The molecule has 0 aliphatic carbocycles. The van der Waals surface area contributed by atoms with Crippen LogP contribution in [0.1, 0.15) is 10.5 Å². The van der Waals surface area contributed by atoms with E-state index in [9.17, 15) is 22.8 Å². The summed E-state index contributed by atoms with van der Waals surface area (Å²) in [5.41, 5.74) is -0.0723. The largest absolute Gasteiger partial charge is 0.481 e. The number of aliphatic carboxylic acids is 1. The molecule has 104 valence electrons. The number of nitrogens with zero attached hydrogens (tertiary/aromatic N) is 3. The summed E-state index contributed by atoms with van der Waals surface area (Å²) in [6, 6.07) is 0. The smallest absolute Gasteiger partial charge is 0.394 e. The van der Waals surface area contributed by atoms with Gasteiger partial charge in [-0.05, 0) is 0 Å². The lowest BCUT2D eigenvalue weighted by Crippen LogP contribution is -2.34. The molecule has 1 N–H and O–H groups in total. The van der Waals surface area contributed by atoms with Crippen molar-refractivity contribution in [2.75, 3.05) is 13.1 Å². The average Bonchev–Trinajstić information content (AvgIpc) is 2.96. The Balaban J connectivity index is 2.19. The number of carbonyl (C=O) groups excluding carboxylic acids is 1. The van der Waals surface area contributed by atoms with E-state index in [-0.39, 0.29) is 5.69 Å². The molecule has 1 aromatic heterocycles. The lowest BCUT2D eigenvalue weighted by Gasteiger charge is -2.17. The van der Waals surface area contributed by atoms with Crippen molar-refractivity contribution in [3.63, 3.8) is 0 Å². The van der Waals surface area contributed by atoms with Crippen molar-refractivity contribution in [1.82, 2.24) is 13.6 Å². The highest BCUT2D eigenvalue weighted by molar-refractivity contribution is 6.99. The van der Waals surface area contributed by atoms with E-state index in [2.05, 4.69) is 8.75 Å². The number of amides is 1. The fourth-order valence-electron chi connectivity index (χ4n) is 1.97. The van der Waals surface area contributed by atoms with Gasteiger partial charge in [-0.2, -0.15) is 21.9 Å². The number of aromatic nitrogens is 2. The fraction of sp³-hybridized carbons (Fsp3) is 0.556. The molecule has 0 radical (unpaired) electrons. The lowest BCUT2D eigenvalue weighted by atomic mass is 9.96. The fourth-order valence-corrected chi connectivity index (χ4v) is 2.38. The molecule has 0 unspecified atom stereocenters. The predicted octanol–water partition coefficient (Wildman–Crippen LogP) is 0.873. The molecule has 1 aliphatic rings. The molecule has 1 aromatic rings. The number of hydrogen-bond acceptors (Lipinski definition) is 5. The predicted molar refractivity (Wildman–Crippen MR) is 56.5 cm³/mol.